The van der Waals surface area contributed by atoms with Crippen molar-refractivity contribution in [1.29, 1.82) is 0 Å². The van der Waals surface area contributed by atoms with Crippen molar-refractivity contribution in [2.45, 2.75) is 0 Å². The summed E-state index contributed by atoms with van der Waals surface area (Å²) in [6, 6.07) is 1.41. The smallest absolute Gasteiger partial charge is 0.273 e. The summed E-state index contributed by atoms with van der Waals surface area (Å²) in [5.74, 6) is 3.50. The molecule has 2 amide bonds. The molecule has 13 heavy (non-hydrogen) atoms. The number of carbonyl (C=O) groups excluding carboxylic acids is 2. The monoisotopic (exact) mass is 202 g/mol. The first-order chi connectivity index (χ1) is 6.16. The topological polar surface area (TPSA) is 92.1 Å². The first-order valence-electron chi connectivity index (χ1n) is 3.34. The van der Waals surface area contributed by atoms with Gasteiger partial charge in [0.25, 0.3) is 11.8 Å². The maximum absolute atomic E-state index is 11.3. The number of halogens is 1. The minimum absolute atomic E-state index is 0.140. The van der Waals surface area contributed by atoms with Crippen LogP contribution < -0.4 is 5.84 Å². The van der Waals surface area contributed by atoms with Crippen LogP contribution in [-0.4, -0.2) is 32.9 Å². The molecule has 0 bridgehead atoms. The Balaban J connectivity index is 2.74. The molecule has 1 aromatic heterocycles. The van der Waals surface area contributed by atoms with E-state index in [0.29, 0.717) is 5.01 Å². The number of alkyl halides is 1. The highest BCUT2D eigenvalue weighted by molar-refractivity contribution is 6.28. The van der Waals surface area contributed by atoms with Gasteiger partial charge in [-0.3, -0.25) is 14.7 Å². The lowest BCUT2D eigenvalue weighted by molar-refractivity contribution is -0.126. The van der Waals surface area contributed by atoms with Gasteiger partial charge in [-0.05, 0) is 6.07 Å². The molecule has 0 spiro atoms. The molecular formula is C6H7ClN4O2. The molecule has 0 atom stereocenters. The van der Waals surface area contributed by atoms with Gasteiger partial charge < -0.3 is 0 Å². The van der Waals surface area contributed by atoms with E-state index in [1.54, 1.807) is 0 Å². The predicted octanol–water partition coefficient (Wildman–Crippen LogP) is -0.509. The van der Waals surface area contributed by atoms with E-state index in [2.05, 4.69) is 10.2 Å². The Kier molecular flexibility index (Phi) is 2.99. The number of aromatic nitrogens is 2. The summed E-state index contributed by atoms with van der Waals surface area (Å²) in [7, 11) is 0. The van der Waals surface area contributed by atoms with E-state index in [-0.39, 0.29) is 11.6 Å². The van der Waals surface area contributed by atoms with Crippen molar-refractivity contribution >= 4 is 23.4 Å². The standard InChI is InChI=1S/C6H7ClN4O2/c7-3-5(12)11(8)6(13)4-1-2-9-10-4/h1-2H,3,8H2,(H,9,10). The number of imide groups is 1. The molecular weight excluding hydrogens is 196 g/mol. The van der Waals surface area contributed by atoms with E-state index in [9.17, 15) is 9.59 Å². The summed E-state index contributed by atoms with van der Waals surface area (Å²) < 4.78 is 0. The highest BCUT2D eigenvalue weighted by atomic mass is 35.5. The summed E-state index contributed by atoms with van der Waals surface area (Å²) in [6.07, 6.45) is 1.38. The van der Waals surface area contributed by atoms with Crippen LogP contribution in [0, 0.1) is 0 Å². The van der Waals surface area contributed by atoms with Crippen molar-refractivity contribution in [1.82, 2.24) is 15.2 Å². The summed E-state index contributed by atoms with van der Waals surface area (Å²) in [4.78, 5) is 22.1. The largest absolute Gasteiger partial charge is 0.292 e. The number of nitrogens with one attached hydrogen (secondary N) is 1. The number of hydrogen-bond acceptors (Lipinski definition) is 4. The van der Waals surface area contributed by atoms with Crippen LogP contribution >= 0.6 is 11.6 Å². The Hall–Kier alpha value is -1.40. The number of nitrogens with zero attached hydrogens (tertiary/aromatic N) is 2. The third-order valence-electron chi connectivity index (χ3n) is 1.33. The third kappa shape index (κ3) is 2.04. The van der Waals surface area contributed by atoms with Crippen LogP contribution in [0.4, 0.5) is 0 Å². The van der Waals surface area contributed by atoms with E-state index in [0.717, 1.165) is 0 Å². The predicted molar refractivity (Wildman–Crippen MR) is 44.7 cm³/mol. The Labute approximate surface area is 78.6 Å². The zero-order valence-corrected chi connectivity index (χ0v) is 7.28. The number of H-pyrrole nitrogens is 1. The highest BCUT2D eigenvalue weighted by Crippen LogP contribution is 1.97. The number of amides is 2. The Bertz CT molecular complexity index is 310. The average molecular weight is 203 g/mol. The van der Waals surface area contributed by atoms with Crippen molar-refractivity contribution in [3.05, 3.63) is 18.0 Å². The second-order valence-electron chi connectivity index (χ2n) is 2.17. The fourth-order valence-corrected chi connectivity index (χ4v) is 0.811. The van der Waals surface area contributed by atoms with Gasteiger partial charge >= 0.3 is 0 Å². The average Bonchev–Trinajstić information content (AvgIpc) is 2.67. The van der Waals surface area contributed by atoms with Gasteiger partial charge in [0, 0.05) is 6.20 Å². The first kappa shape index (κ1) is 9.69. The fraction of sp³-hybridized carbons (Fsp3) is 0.167. The second-order valence-corrected chi connectivity index (χ2v) is 2.44. The number of carbonyl (C=O) groups is 2. The molecule has 0 fully saturated rings. The number of rotatable bonds is 2. The highest BCUT2D eigenvalue weighted by Gasteiger charge is 2.19. The molecule has 1 rings (SSSR count). The summed E-state index contributed by atoms with van der Waals surface area (Å²) in [5.41, 5.74) is 0.140. The second kappa shape index (κ2) is 4.01. The Morgan fingerprint density at radius 2 is 2.38 bits per heavy atom. The molecule has 0 aliphatic heterocycles. The molecule has 7 heteroatoms. The van der Waals surface area contributed by atoms with E-state index < -0.39 is 11.8 Å². The van der Waals surface area contributed by atoms with Crippen molar-refractivity contribution in [3.8, 4) is 0 Å². The summed E-state index contributed by atoms with van der Waals surface area (Å²) in [5, 5.41) is 6.36. The number of hydrogen-bond donors (Lipinski definition) is 2. The van der Waals surface area contributed by atoms with Crippen molar-refractivity contribution in [3.63, 3.8) is 0 Å². The molecule has 3 N–H and O–H groups in total. The molecule has 0 unspecified atom stereocenters. The van der Waals surface area contributed by atoms with Gasteiger partial charge in [-0.15, -0.1) is 11.6 Å². The molecule has 0 saturated heterocycles. The molecule has 1 heterocycles. The zero-order valence-electron chi connectivity index (χ0n) is 6.53. The molecule has 0 radical (unpaired) electrons. The maximum atomic E-state index is 11.3. The molecule has 0 aromatic carbocycles. The van der Waals surface area contributed by atoms with Gasteiger partial charge in [0.2, 0.25) is 0 Å². The van der Waals surface area contributed by atoms with Gasteiger partial charge in [0.15, 0.2) is 0 Å². The SMILES string of the molecule is NN(C(=O)CCl)C(=O)c1ccn[nH]1. The van der Waals surface area contributed by atoms with Crippen molar-refractivity contribution in [2.75, 3.05) is 5.88 Å². The van der Waals surface area contributed by atoms with Crippen LogP contribution in [0.5, 0.6) is 0 Å². The quantitative estimate of drug-likeness (QED) is 0.292. The lowest BCUT2D eigenvalue weighted by Gasteiger charge is -2.10. The first-order valence-corrected chi connectivity index (χ1v) is 3.87. The van der Waals surface area contributed by atoms with Crippen LogP contribution in [-0.2, 0) is 4.79 Å². The number of aromatic amines is 1. The Morgan fingerprint density at radius 1 is 1.69 bits per heavy atom. The van der Waals surface area contributed by atoms with Gasteiger partial charge in [-0.2, -0.15) is 5.10 Å². The fourth-order valence-electron chi connectivity index (χ4n) is 0.682. The third-order valence-corrected chi connectivity index (χ3v) is 1.56. The molecule has 70 valence electrons. The van der Waals surface area contributed by atoms with E-state index in [4.69, 9.17) is 17.4 Å². The maximum Gasteiger partial charge on any atom is 0.292 e. The number of nitrogens with two attached hydrogens (primary N) is 1. The van der Waals surface area contributed by atoms with Gasteiger partial charge in [0.05, 0.1) is 0 Å². The minimum atomic E-state index is -0.665. The van der Waals surface area contributed by atoms with Crippen LogP contribution in [0.1, 0.15) is 10.5 Å². The van der Waals surface area contributed by atoms with E-state index in [1.807, 2.05) is 0 Å². The van der Waals surface area contributed by atoms with Crippen LogP contribution in [0.3, 0.4) is 0 Å². The summed E-state index contributed by atoms with van der Waals surface area (Å²) >= 11 is 5.20. The zero-order chi connectivity index (χ0) is 9.84. The molecule has 6 nitrogen and oxygen atoms in total. The normalized spacial score (nSPS) is 9.69. The van der Waals surface area contributed by atoms with Crippen LogP contribution in [0.25, 0.3) is 0 Å². The van der Waals surface area contributed by atoms with Gasteiger partial charge in [-0.25, -0.2) is 10.9 Å². The molecule has 1 aromatic rings. The molecule has 0 aliphatic carbocycles. The lowest BCUT2D eigenvalue weighted by Crippen LogP contribution is -2.43. The van der Waals surface area contributed by atoms with Crippen molar-refractivity contribution < 1.29 is 9.59 Å². The molecule has 0 saturated carbocycles. The minimum Gasteiger partial charge on any atom is -0.273 e. The summed E-state index contributed by atoms with van der Waals surface area (Å²) in [6.45, 7) is 0. The van der Waals surface area contributed by atoms with E-state index >= 15 is 0 Å². The number of hydrazine groups is 1. The lowest BCUT2D eigenvalue weighted by atomic mass is 10.4. The van der Waals surface area contributed by atoms with Crippen molar-refractivity contribution in [2.24, 2.45) is 5.84 Å². The van der Waals surface area contributed by atoms with Crippen LogP contribution in [0.15, 0.2) is 12.3 Å². The Morgan fingerprint density at radius 3 is 2.85 bits per heavy atom. The molecule has 0 aliphatic rings. The van der Waals surface area contributed by atoms with Crippen LogP contribution in [0.2, 0.25) is 0 Å². The van der Waals surface area contributed by atoms with E-state index in [1.165, 1.54) is 12.3 Å². The van der Waals surface area contributed by atoms with Gasteiger partial charge in [0.1, 0.15) is 11.6 Å². The van der Waals surface area contributed by atoms with Gasteiger partial charge in [-0.1, -0.05) is 0 Å².